The first-order chi connectivity index (χ1) is 30.0. The molecular formula is C55H101NO5. The highest BCUT2D eigenvalue weighted by Crippen LogP contribution is 2.16. The van der Waals surface area contributed by atoms with Crippen LogP contribution in [0.15, 0.2) is 48.6 Å². The molecule has 0 heterocycles. The van der Waals surface area contributed by atoms with Gasteiger partial charge in [0.1, 0.15) is 0 Å². The number of hydrogen-bond donors (Lipinski definition) is 3. The van der Waals surface area contributed by atoms with Gasteiger partial charge in [0.25, 0.3) is 0 Å². The Balaban J connectivity index is 3.59. The van der Waals surface area contributed by atoms with Crippen LogP contribution in [-0.2, 0) is 14.3 Å². The fraction of sp³-hybridized carbons (Fsp3) is 0.818. The molecule has 0 aliphatic carbocycles. The van der Waals surface area contributed by atoms with Crippen LogP contribution in [0.1, 0.15) is 264 Å². The van der Waals surface area contributed by atoms with Crippen molar-refractivity contribution in [1.82, 2.24) is 5.32 Å². The fourth-order valence-electron chi connectivity index (χ4n) is 7.73. The van der Waals surface area contributed by atoms with Gasteiger partial charge in [0.05, 0.1) is 25.4 Å². The van der Waals surface area contributed by atoms with Crippen LogP contribution in [0.3, 0.4) is 0 Å². The Morgan fingerprint density at radius 2 is 0.869 bits per heavy atom. The Bertz CT molecular complexity index is 1040. The van der Waals surface area contributed by atoms with E-state index in [1.54, 1.807) is 6.08 Å². The van der Waals surface area contributed by atoms with Crippen LogP contribution in [-0.4, -0.2) is 47.4 Å². The van der Waals surface area contributed by atoms with Crippen molar-refractivity contribution in [2.45, 2.75) is 276 Å². The average Bonchev–Trinajstić information content (AvgIpc) is 3.26. The lowest BCUT2D eigenvalue weighted by molar-refractivity contribution is -0.143. The highest BCUT2D eigenvalue weighted by atomic mass is 16.5. The zero-order valence-corrected chi connectivity index (χ0v) is 40.4. The van der Waals surface area contributed by atoms with E-state index in [0.717, 1.165) is 83.5 Å². The summed E-state index contributed by atoms with van der Waals surface area (Å²) in [6, 6.07) is -0.668. The van der Waals surface area contributed by atoms with Crippen molar-refractivity contribution in [3.8, 4) is 0 Å². The maximum atomic E-state index is 12.4. The lowest BCUT2D eigenvalue weighted by atomic mass is 10.0. The molecule has 0 aromatic heterocycles. The molecule has 3 N–H and O–H groups in total. The molecule has 2 atom stereocenters. The van der Waals surface area contributed by atoms with E-state index in [9.17, 15) is 19.8 Å². The number of aliphatic hydroxyl groups excluding tert-OH is 2. The summed E-state index contributed by atoms with van der Waals surface area (Å²) in [7, 11) is 0. The van der Waals surface area contributed by atoms with E-state index < -0.39 is 12.1 Å². The molecule has 1 amide bonds. The van der Waals surface area contributed by atoms with Crippen LogP contribution < -0.4 is 5.32 Å². The third-order valence-electron chi connectivity index (χ3n) is 11.8. The van der Waals surface area contributed by atoms with Gasteiger partial charge >= 0.3 is 5.97 Å². The van der Waals surface area contributed by atoms with Crippen molar-refractivity contribution >= 4 is 11.9 Å². The van der Waals surface area contributed by atoms with E-state index in [1.807, 2.05) is 6.08 Å². The summed E-state index contributed by atoms with van der Waals surface area (Å²) in [6.45, 7) is 4.74. The smallest absolute Gasteiger partial charge is 0.305 e. The van der Waals surface area contributed by atoms with Crippen molar-refractivity contribution in [3.05, 3.63) is 48.6 Å². The Labute approximate surface area is 378 Å². The first-order valence-corrected chi connectivity index (χ1v) is 26.4. The third kappa shape index (κ3) is 47.1. The van der Waals surface area contributed by atoms with Crippen molar-refractivity contribution in [2.75, 3.05) is 13.2 Å². The summed E-state index contributed by atoms with van der Waals surface area (Å²) in [4.78, 5) is 24.4. The molecule has 0 spiro atoms. The second kappa shape index (κ2) is 50.5. The van der Waals surface area contributed by atoms with Crippen LogP contribution in [0.4, 0.5) is 0 Å². The van der Waals surface area contributed by atoms with Crippen LogP contribution in [0, 0.1) is 0 Å². The summed E-state index contributed by atoms with van der Waals surface area (Å²) >= 11 is 0. The van der Waals surface area contributed by atoms with Gasteiger partial charge in [-0.25, -0.2) is 0 Å². The number of amides is 1. The number of ether oxygens (including phenoxy) is 1. The van der Waals surface area contributed by atoms with Gasteiger partial charge in [0, 0.05) is 12.8 Å². The average molecular weight is 856 g/mol. The highest BCUT2D eigenvalue weighted by molar-refractivity contribution is 5.76. The molecule has 6 heteroatoms. The number of esters is 1. The number of carbonyl (C=O) groups is 2. The van der Waals surface area contributed by atoms with Crippen molar-refractivity contribution in [2.24, 2.45) is 0 Å². The van der Waals surface area contributed by atoms with Crippen LogP contribution >= 0.6 is 0 Å². The van der Waals surface area contributed by atoms with Gasteiger partial charge in [0.15, 0.2) is 0 Å². The molecule has 0 saturated carbocycles. The molecule has 0 rings (SSSR count). The number of aliphatic hydroxyl groups is 2. The van der Waals surface area contributed by atoms with E-state index in [1.165, 1.54) is 154 Å². The maximum absolute atomic E-state index is 12.4. The molecule has 2 unspecified atom stereocenters. The van der Waals surface area contributed by atoms with Gasteiger partial charge < -0.3 is 20.3 Å². The predicted molar refractivity (Wildman–Crippen MR) is 264 cm³/mol. The number of carbonyl (C=O) groups excluding carboxylic acids is 2. The molecule has 0 fully saturated rings. The lowest BCUT2D eigenvalue weighted by Crippen LogP contribution is -2.45. The molecule has 0 radical (unpaired) electrons. The van der Waals surface area contributed by atoms with Crippen LogP contribution in [0.5, 0.6) is 0 Å². The Morgan fingerprint density at radius 3 is 1.36 bits per heavy atom. The topological polar surface area (TPSA) is 95.9 Å². The highest BCUT2D eigenvalue weighted by Gasteiger charge is 2.17. The fourth-order valence-corrected chi connectivity index (χ4v) is 7.73. The number of allylic oxidation sites excluding steroid dienone is 7. The van der Waals surface area contributed by atoms with Gasteiger partial charge in [-0.3, -0.25) is 9.59 Å². The largest absolute Gasteiger partial charge is 0.466 e. The normalized spacial score (nSPS) is 13.0. The van der Waals surface area contributed by atoms with E-state index in [-0.39, 0.29) is 18.5 Å². The molecule has 0 aliphatic rings. The number of nitrogens with one attached hydrogen (secondary N) is 1. The monoisotopic (exact) mass is 856 g/mol. The quantitative estimate of drug-likeness (QED) is 0.0322. The van der Waals surface area contributed by atoms with Crippen molar-refractivity contribution in [1.29, 1.82) is 0 Å². The molecule has 61 heavy (non-hydrogen) atoms. The standard InChI is InChI=1S/C55H101NO5/c1-3-5-7-9-11-13-15-17-18-19-20-21-22-23-24-25-27-28-31-35-39-43-47-53(58)52(51-57)56-54(59)48-44-40-36-32-30-34-38-42-46-50-61-55(60)49-45-41-37-33-29-26-16-14-12-10-8-6-4-2/h8,10,14,16,32,36,43,47,52-53,57-58H,3-7,9,11-13,15,17-31,33-35,37-42,44-46,48-51H2,1-2H3,(H,56,59)/b10-8-,16-14-,36-32-,47-43+. The van der Waals surface area contributed by atoms with E-state index in [2.05, 4.69) is 55.6 Å². The van der Waals surface area contributed by atoms with Crippen LogP contribution in [0.2, 0.25) is 0 Å². The third-order valence-corrected chi connectivity index (χ3v) is 11.8. The van der Waals surface area contributed by atoms with Gasteiger partial charge in [-0.05, 0) is 77.0 Å². The van der Waals surface area contributed by atoms with E-state index >= 15 is 0 Å². The minimum Gasteiger partial charge on any atom is -0.466 e. The second-order valence-electron chi connectivity index (χ2n) is 17.8. The lowest BCUT2D eigenvalue weighted by Gasteiger charge is -2.19. The van der Waals surface area contributed by atoms with E-state index in [4.69, 9.17) is 4.74 Å². The van der Waals surface area contributed by atoms with Gasteiger partial charge in [-0.2, -0.15) is 0 Å². The number of rotatable bonds is 48. The molecule has 0 aromatic rings. The Kier molecular flexibility index (Phi) is 48.7. The Hall–Kier alpha value is -2.18. The first-order valence-electron chi connectivity index (χ1n) is 26.4. The summed E-state index contributed by atoms with van der Waals surface area (Å²) in [5, 5.41) is 23.1. The zero-order valence-electron chi connectivity index (χ0n) is 40.4. The van der Waals surface area contributed by atoms with Gasteiger partial charge in [0.2, 0.25) is 5.91 Å². The summed E-state index contributed by atoms with van der Waals surface area (Å²) < 4.78 is 5.42. The van der Waals surface area contributed by atoms with Crippen molar-refractivity contribution in [3.63, 3.8) is 0 Å². The van der Waals surface area contributed by atoms with Crippen molar-refractivity contribution < 1.29 is 24.5 Å². The molecule has 6 nitrogen and oxygen atoms in total. The minimum absolute atomic E-state index is 0.0537. The molecule has 0 saturated heterocycles. The predicted octanol–water partition coefficient (Wildman–Crippen LogP) is 15.8. The Morgan fingerprint density at radius 1 is 0.459 bits per heavy atom. The molecule has 0 aliphatic heterocycles. The first kappa shape index (κ1) is 58.8. The minimum atomic E-state index is -0.878. The molecule has 0 aromatic carbocycles. The van der Waals surface area contributed by atoms with Gasteiger partial charge in [-0.15, -0.1) is 0 Å². The SMILES string of the molecule is CCC/C=C\C/C=C\CCCCCCCC(=O)OCCCCCC/C=C\CCCC(=O)NC(CO)C(O)/C=C/CCCCCCCCCCCCCCCCCCCCCC. The van der Waals surface area contributed by atoms with E-state index in [0.29, 0.717) is 19.4 Å². The molecule has 0 bridgehead atoms. The molecular weight excluding hydrogens is 755 g/mol. The van der Waals surface area contributed by atoms with Gasteiger partial charge in [-0.1, -0.05) is 223 Å². The summed E-state index contributed by atoms with van der Waals surface area (Å²) in [5.74, 6) is -0.183. The zero-order chi connectivity index (χ0) is 44.4. The molecule has 356 valence electrons. The summed E-state index contributed by atoms with van der Waals surface area (Å²) in [6.07, 6.45) is 62.7. The summed E-state index contributed by atoms with van der Waals surface area (Å²) in [5.41, 5.74) is 0. The number of hydrogen-bond acceptors (Lipinski definition) is 5. The maximum Gasteiger partial charge on any atom is 0.305 e. The second-order valence-corrected chi connectivity index (χ2v) is 17.8. The number of unbranched alkanes of at least 4 members (excludes halogenated alkanes) is 31. The van der Waals surface area contributed by atoms with Crippen LogP contribution in [0.25, 0.3) is 0 Å².